The molecule has 0 aliphatic heterocycles. The first-order chi connectivity index (χ1) is 26.8. The van der Waals surface area contributed by atoms with Gasteiger partial charge in [-0.15, -0.1) is 0 Å². The Bertz CT molecular complexity index is 1090. The molecule has 2 rings (SSSR count). The average Bonchev–Trinajstić information content (AvgIpc) is 3.69. The summed E-state index contributed by atoms with van der Waals surface area (Å²) >= 11 is 0. The zero-order valence-corrected chi connectivity index (χ0v) is 51.0. The summed E-state index contributed by atoms with van der Waals surface area (Å²) in [4.78, 5) is 0. The SMILES string of the molecule is CC(C)(C)C(C)(C)C.CC(C)C(F)F.CC(C)C/C=C/C(F)(F)C(C)C.CC(C)NS(=O)(=O)C1(C)CC1.CC(C)O[C@@H]1CCC[C@H]1OC(C)C.CCC(C)C.CCC(C)C.[B].[CH3-].[CH3-].[W+2]. The van der Waals surface area contributed by atoms with Gasteiger partial charge >= 0.3 is 21.1 Å². The van der Waals surface area contributed by atoms with Crippen LogP contribution in [0.15, 0.2) is 12.2 Å². The number of sulfonamides is 1. The van der Waals surface area contributed by atoms with E-state index < -0.39 is 39.0 Å². The number of alkyl halides is 4. The Kier molecular flexibility index (Phi) is 55.1. The molecule has 0 heterocycles. The van der Waals surface area contributed by atoms with Crippen LogP contribution in [0, 0.1) is 55.3 Å². The summed E-state index contributed by atoms with van der Waals surface area (Å²) in [5.74, 6) is -1.52. The smallest absolute Gasteiger partial charge is 0.373 e. The summed E-state index contributed by atoms with van der Waals surface area (Å²) < 4.78 is 84.7. The van der Waals surface area contributed by atoms with Crippen LogP contribution in [-0.4, -0.2) is 64.4 Å². The monoisotopic (exact) mass is 1120 g/mol. The Balaban J connectivity index is -0.0000000802. The largest absolute Gasteiger partial charge is 2.00 e. The van der Waals surface area contributed by atoms with E-state index in [0.717, 1.165) is 50.0 Å². The van der Waals surface area contributed by atoms with E-state index in [1.54, 1.807) is 13.0 Å². The van der Waals surface area contributed by atoms with Gasteiger partial charge in [-0.3, -0.25) is 0 Å². The number of nitrogens with one attached hydrogen (secondary N) is 1. The molecular formula is C52H111BF4NO4SW. The number of hydrogen-bond donors (Lipinski definition) is 1. The Labute approximate surface area is 417 Å². The van der Waals surface area contributed by atoms with Gasteiger partial charge in [0.1, 0.15) is 0 Å². The third-order valence-electron chi connectivity index (χ3n) is 10.4. The van der Waals surface area contributed by atoms with E-state index >= 15 is 0 Å². The maximum atomic E-state index is 12.9. The van der Waals surface area contributed by atoms with Crippen LogP contribution >= 0.6 is 0 Å². The van der Waals surface area contributed by atoms with Crippen molar-refractivity contribution < 1.29 is 56.5 Å². The fourth-order valence-electron chi connectivity index (χ4n) is 3.49. The molecule has 3 radical (unpaired) electrons. The van der Waals surface area contributed by atoms with Gasteiger partial charge in [-0.05, 0) is 122 Å². The van der Waals surface area contributed by atoms with Crippen molar-refractivity contribution >= 4 is 18.4 Å². The predicted octanol–water partition coefficient (Wildman–Crippen LogP) is 17.1. The predicted molar refractivity (Wildman–Crippen MR) is 276 cm³/mol. The fourth-order valence-corrected chi connectivity index (χ4v) is 5.03. The topological polar surface area (TPSA) is 64.6 Å². The third-order valence-corrected chi connectivity index (χ3v) is 12.9. The van der Waals surface area contributed by atoms with Crippen molar-refractivity contribution in [3.8, 4) is 0 Å². The van der Waals surface area contributed by atoms with E-state index in [2.05, 4.69) is 116 Å². The molecule has 0 bridgehead atoms. The second-order valence-corrected chi connectivity index (χ2v) is 23.9. The Morgan fingerprint density at radius 2 is 0.969 bits per heavy atom. The molecule has 2 fully saturated rings. The van der Waals surface area contributed by atoms with E-state index in [1.807, 2.05) is 27.7 Å². The van der Waals surface area contributed by atoms with Crippen molar-refractivity contribution in [1.82, 2.24) is 4.72 Å². The van der Waals surface area contributed by atoms with Crippen molar-refractivity contribution in [2.24, 2.45) is 40.4 Å². The minimum atomic E-state index is -3.04. The van der Waals surface area contributed by atoms with Gasteiger partial charge in [-0.2, -0.15) is 0 Å². The molecule has 0 aromatic rings. The molecule has 64 heavy (non-hydrogen) atoms. The van der Waals surface area contributed by atoms with Crippen LogP contribution in [0.4, 0.5) is 17.6 Å². The minimum absolute atomic E-state index is 0. The van der Waals surface area contributed by atoms with Crippen LogP contribution in [0.5, 0.6) is 0 Å². The molecule has 2 aliphatic carbocycles. The molecule has 2 atom stereocenters. The van der Waals surface area contributed by atoms with Gasteiger partial charge in [0, 0.05) is 26.3 Å². The van der Waals surface area contributed by atoms with Crippen LogP contribution < -0.4 is 4.72 Å². The summed E-state index contributed by atoms with van der Waals surface area (Å²) in [7, 11) is -3.04. The first-order valence-corrected chi connectivity index (χ1v) is 24.9. The van der Waals surface area contributed by atoms with Gasteiger partial charge in [-0.25, -0.2) is 30.7 Å². The molecule has 0 saturated heterocycles. The van der Waals surface area contributed by atoms with Gasteiger partial charge in [-0.1, -0.05) is 144 Å². The van der Waals surface area contributed by atoms with Crippen molar-refractivity contribution in [3.63, 3.8) is 0 Å². The summed E-state index contributed by atoms with van der Waals surface area (Å²) in [6, 6.07) is 0.0115. The van der Waals surface area contributed by atoms with Crippen LogP contribution in [0.2, 0.25) is 0 Å². The fraction of sp³-hybridized carbons (Fsp3) is 0.923. The summed E-state index contributed by atoms with van der Waals surface area (Å²) in [5, 5.41) is 0. The first-order valence-electron chi connectivity index (χ1n) is 23.4. The van der Waals surface area contributed by atoms with E-state index in [-0.39, 0.29) is 50.4 Å². The summed E-state index contributed by atoms with van der Waals surface area (Å²) in [6.45, 7) is 50.8. The van der Waals surface area contributed by atoms with E-state index in [9.17, 15) is 26.0 Å². The molecule has 0 aromatic heterocycles. The van der Waals surface area contributed by atoms with Gasteiger partial charge in [0.2, 0.25) is 16.4 Å². The molecule has 5 nitrogen and oxygen atoms in total. The second kappa shape index (κ2) is 42.0. The molecule has 391 valence electrons. The maximum Gasteiger partial charge on any atom is 2.00 e. The zero-order valence-electron chi connectivity index (χ0n) is 47.2. The standard InChI is InChI=1S/C11H22O2.C10H18F2.C8H18.C7H15NO2S.2C5H12.C4H8F2.2CH3.B.W/c1-8(2)12-10-6-5-7-11(10)13-9(3)4;1-8(2)6-5-7-10(11,12)9(3)4;1-7(2,3)8(4,5)6;1-6(2)8-11(9,10)7(3)4-5-7;2*1-4-5(2)3;1-3(2)4(5)6;;;;/h8-11H,5-7H2,1-4H3;5,7-9H,6H2,1-4H3;1-6H3;6,8H,4-5H2,1-3H3;2*5H,4H2,1-3H3;3-4H,1-2H3;2*1H3;;/q;;;;;;;2*-1;;+2/b;7-5+;;;;;;;;;/t10-,11-;;;;;;;;;;/m1........../s1. The van der Waals surface area contributed by atoms with E-state index in [1.165, 1.54) is 47.0 Å². The normalized spacial score (nSPS) is 16.6. The van der Waals surface area contributed by atoms with Gasteiger partial charge in [0.15, 0.2) is 0 Å². The average molecular weight is 1120 g/mol. The zero-order chi connectivity index (χ0) is 49.0. The van der Waals surface area contributed by atoms with Crippen LogP contribution in [-0.2, 0) is 40.6 Å². The maximum absolute atomic E-state index is 12.9. The van der Waals surface area contributed by atoms with E-state index in [4.69, 9.17) is 9.47 Å². The molecule has 0 amide bonds. The minimum Gasteiger partial charge on any atom is -0.373 e. The van der Waals surface area contributed by atoms with Crippen molar-refractivity contribution in [2.75, 3.05) is 0 Å². The first kappa shape index (κ1) is 84.0. The molecule has 2 aliphatic rings. The summed E-state index contributed by atoms with van der Waals surface area (Å²) in [5.41, 5.74) is 0.875. The molecule has 0 unspecified atom stereocenters. The Morgan fingerprint density at radius 3 is 1.14 bits per heavy atom. The number of hydrogen-bond acceptors (Lipinski definition) is 4. The van der Waals surface area contributed by atoms with E-state index in [0.29, 0.717) is 41.2 Å². The van der Waals surface area contributed by atoms with Crippen molar-refractivity contribution in [2.45, 2.75) is 272 Å². The molecule has 0 spiro atoms. The number of allylic oxidation sites excluding steroid dienone is 2. The number of rotatable bonds is 14. The molecule has 0 aromatic carbocycles. The summed E-state index contributed by atoms with van der Waals surface area (Å²) in [6.07, 6.45) is 10.3. The van der Waals surface area contributed by atoms with Crippen LogP contribution in [0.1, 0.15) is 224 Å². The molecule has 2 saturated carbocycles. The van der Waals surface area contributed by atoms with Crippen molar-refractivity contribution in [1.29, 1.82) is 0 Å². The van der Waals surface area contributed by atoms with Crippen LogP contribution in [0.3, 0.4) is 0 Å². The van der Waals surface area contributed by atoms with Gasteiger partial charge < -0.3 is 24.3 Å². The van der Waals surface area contributed by atoms with Crippen LogP contribution in [0.25, 0.3) is 0 Å². The quantitative estimate of drug-likeness (QED) is 0.0815. The number of ether oxygens (including phenoxy) is 2. The molecule has 1 N–H and O–H groups in total. The van der Waals surface area contributed by atoms with Gasteiger partial charge in [0.05, 0.1) is 29.2 Å². The molecular weight excluding hydrogens is 1010 g/mol. The molecule has 12 heteroatoms. The van der Waals surface area contributed by atoms with Gasteiger partial charge in [0.25, 0.3) is 5.92 Å². The third kappa shape index (κ3) is 51.4. The second-order valence-electron chi connectivity index (χ2n) is 21.6. The number of halogens is 4. The Hall–Kier alpha value is 0.0432. The Morgan fingerprint density at radius 1 is 0.672 bits per heavy atom. The van der Waals surface area contributed by atoms with Crippen molar-refractivity contribution in [3.05, 3.63) is 27.0 Å².